The number of ether oxygens (including phenoxy) is 1. The van der Waals surface area contributed by atoms with Crippen molar-refractivity contribution in [2.24, 2.45) is 0 Å². The zero-order valence-corrected chi connectivity index (χ0v) is 13.1. The first-order chi connectivity index (χ1) is 10.2. The average molecular weight is 302 g/mol. The van der Waals surface area contributed by atoms with Crippen LogP contribution in [0.3, 0.4) is 0 Å². The molecule has 2 heterocycles. The van der Waals surface area contributed by atoms with E-state index in [9.17, 15) is 4.79 Å². The minimum absolute atomic E-state index is 0.354. The van der Waals surface area contributed by atoms with Crippen LogP contribution in [0.5, 0.6) is 0 Å². The molecule has 2 aromatic rings. The number of hydrogen-bond donors (Lipinski definition) is 0. The maximum absolute atomic E-state index is 11.7. The van der Waals surface area contributed by atoms with E-state index in [0.717, 1.165) is 35.9 Å². The second kappa shape index (κ2) is 5.85. The molecule has 21 heavy (non-hydrogen) atoms. The fourth-order valence-electron chi connectivity index (χ4n) is 2.66. The molecule has 0 amide bonds. The Balaban J connectivity index is 1.82. The first-order valence-corrected chi connectivity index (χ1v) is 7.88. The molecule has 0 atom stereocenters. The van der Waals surface area contributed by atoms with Crippen molar-refractivity contribution < 1.29 is 9.53 Å². The molecule has 1 aliphatic rings. The second-order valence-corrected chi connectivity index (χ2v) is 6.33. The van der Waals surface area contributed by atoms with Crippen LogP contribution in [0.15, 0.2) is 24.3 Å². The standard InChI is InChI=1S/C16H18N2O2S/c1-11-14(15(19)20-2)17-16(21-11)18-9-7-12-5-3-4-6-13(12)8-10-18/h3-6H,7-10H2,1-2H3. The number of carbonyl (C=O) groups excluding carboxylic acids is 1. The summed E-state index contributed by atoms with van der Waals surface area (Å²) >= 11 is 1.57. The third-order valence-electron chi connectivity index (χ3n) is 3.86. The van der Waals surface area contributed by atoms with Gasteiger partial charge in [-0.3, -0.25) is 0 Å². The van der Waals surface area contributed by atoms with Crippen LogP contribution in [0.25, 0.3) is 0 Å². The molecule has 0 N–H and O–H groups in total. The molecule has 0 unspecified atom stereocenters. The SMILES string of the molecule is COC(=O)c1nc(N2CCc3ccccc3CC2)sc1C. The predicted molar refractivity (Wildman–Crippen MR) is 84.3 cm³/mol. The topological polar surface area (TPSA) is 42.4 Å². The Morgan fingerprint density at radius 1 is 1.24 bits per heavy atom. The summed E-state index contributed by atoms with van der Waals surface area (Å²) in [5, 5.41) is 0.917. The fourth-order valence-corrected chi connectivity index (χ4v) is 3.61. The van der Waals surface area contributed by atoms with Crippen LogP contribution in [-0.2, 0) is 17.6 Å². The van der Waals surface area contributed by atoms with Crippen molar-refractivity contribution in [2.45, 2.75) is 19.8 Å². The van der Waals surface area contributed by atoms with E-state index in [4.69, 9.17) is 4.74 Å². The van der Waals surface area contributed by atoms with Crippen LogP contribution in [0.2, 0.25) is 0 Å². The summed E-state index contributed by atoms with van der Waals surface area (Å²) in [6.07, 6.45) is 2.03. The third kappa shape index (κ3) is 2.78. The van der Waals surface area contributed by atoms with E-state index in [-0.39, 0.29) is 5.97 Å². The Morgan fingerprint density at radius 2 is 1.86 bits per heavy atom. The van der Waals surface area contributed by atoms with Gasteiger partial charge in [0.25, 0.3) is 0 Å². The van der Waals surface area contributed by atoms with Crippen molar-refractivity contribution in [3.63, 3.8) is 0 Å². The molecule has 0 radical (unpaired) electrons. The van der Waals surface area contributed by atoms with Crippen LogP contribution in [0.4, 0.5) is 5.13 Å². The number of hydrogen-bond acceptors (Lipinski definition) is 5. The zero-order valence-electron chi connectivity index (χ0n) is 12.3. The monoisotopic (exact) mass is 302 g/mol. The summed E-state index contributed by atoms with van der Waals surface area (Å²) in [4.78, 5) is 19.3. The molecule has 110 valence electrons. The van der Waals surface area contributed by atoms with Crippen molar-refractivity contribution in [2.75, 3.05) is 25.1 Å². The minimum atomic E-state index is -0.354. The van der Waals surface area contributed by atoms with Gasteiger partial charge in [0, 0.05) is 18.0 Å². The molecule has 3 rings (SSSR count). The third-order valence-corrected chi connectivity index (χ3v) is 4.89. The molecule has 0 aliphatic carbocycles. The van der Waals surface area contributed by atoms with E-state index < -0.39 is 0 Å². The van der Waals surface area contributed by atoms with Crippen molar-refractivity contribution >= 4 is 22.4 Å². The Labute approximate surface area is 128 Å². The molecular weight excluding hydrogens is 284 g/mol. The highest BCUT2D eigenvalue weighted by atomic mass is 32.1. The molecule has 0 saturated heterocycles. The molecule has 0 spiro atoms. The predicted octanol–water partition coefficient (Wildman–Crippen LogP) is 2.84. The number of aryl methyl sites for hydroxylation is 1. The van der Waals surface area contributed by atoms with Gasteiger partial charge in [-0.25, -0.2) is 9.78 Å². The van der Waals surface area contributed by atoms with E-state index in [1.807, 2.05) is 6.92 Å². The molecule has 0 saturated carbocycles. The van der Waals surface area contributed by atoms with E-state index in [1.165, 1.54) is 18.2 Å². The van der Waals surface area contributed by atoms with Gasteiger partial charge in [0.1, 0.15) is 0 Å². The van der Waals surface area contributed by atoms with Gasteiger partial charge in [0.2, 0.25) is 0 Å². The Hall–Kier alpha value is -1.88. The first kappa shape index (κ1) is 14.1. The molecule has 1 aliphatic heterocycles. The van der Waals surface area contributed by atoms with Crippen molar-refractivity contribution in [1.82, 2.24) is 4.98 Å². The first-order valence-electron chi connectivity index (χ1n) is 7.06. The molecule has 5 heteroatoms. The Kier molecular flexibility index (Phi) is 3.92. The summed E-state index contributed by atoms with van der Waals surface area (Å²) < 4.78 is 4.78. The van der Waals surface area contributed by atoms with Crippen LogP contribution >= 0.6 is 11.3 Å². The van der Waals surface area contributed by atoms with E-state index >= 15 is 0 Å². The van der Waals surface area contributed by atoms with Gasteiger partial charge < -0.3 is 9.64 Å². The number of methoxy groups -OCH3 is 1. The smallest absolute Gasteiger partial charge is 0.357 e. The van der Waals surface area contributed by atoms with E-state index in [0.29, 0.717) is 5.69 Å². The highest BCUT2D eigenvalue weighted by molar-refractivity contribution is 7.15. The lowest BCUT2D eigenvalue weighted by atomic mass is 10.0. The largest absolute Gasteiger partial charge is 0.464 e. The summed E-state index contributed by atoms with van der Waals surface area (Å²) in [5.74, 6) is -0.354. The van der Waals surface area contributed by atoms with Gasteiger partial charge in [-0.2, -0.15) is 0 Å². The minimum Gasteiger partial charge on any atom is -0.464 e. The maximum Gasteiger partial charge on any atom is 0.357 e. The number of fused-ring (bicyclic) bond motifs is 1. The Morgan fingerprint density at radius 3 is 2.43 bits per heavy atom. The fraction of sp³-hybridized carbons (Fsp3) is 0.375. The van der Waals surface area contributed by atoms with Gasteiger partial charge in [0.05, 0.1) is 7.11 Å². The molecule has 0 fully saturated rings. The number of benzene rings is 1. The lowest BCUT2D eigenvalue weighted by Gasteiger charge is -2.18. The second-order valence-electron chi connectivity index (χ2n) is 5.15. The van der Waals surface area contributed by atoms with Crippen LogP contribution in [0, 0.1) is 6.92 Å². The van der Waals surface area contributed by atoms with Gasteiger partial charge in [-0.15, -0.1) is 11.3 Å². The van der Waals surface area contributed by atoms with Crippen molar-refractivity contribution in [3.8, 4) is 0 Å². The molecular formula is C16H18N2O2S. The van der Waals surface area contributed by atoms with Gasteiger partial charge >= 0.3 is 5.97 Å². The lowest BCUT2D eigenvalue weighted by Crippen LogP contribution is -2.25. The number of anilines is 1. The van der Waals surface area contributed by atoms with Crippen LogP contribution in [0.1, 0.15) is 26.5 Å². The van der Waals surface area contributed by atoms with Crippen molar-refractivity contribution in [3.05, 3.63) is 46.0 Å². The Bertz CT molecular complexity index is 639. The van der Waals surface area contributed by atoms with E-state index in [2.05, 4.69) is 34.1 Å². The number of esters is 1. The summed E-state index contributed by atoms with van der Waals surface area (Å²) in [5.41, 5.74) is 3.28. The number of aromatic nitrogens is 1. The number of rotatable bonds is 2. The van der Waals surface area contributed by atoms with Gasteiger partial charge in [0.15, 0.2) is 10.8 Å². The molecule has 4 nitrogen and oxygen atoms in total. The quantitative estimate of drug-likeness (QED) is 0.800. The van der Waals surface area contributed by atoms with Crippen LogP contribution < -0.4 is 4.90 Å². The average Bonchev–Trinajstić information content (AvgIpc) is 2.76. The van der Waals surface area contributed by atoms with Crippen molar-refractivity contribution in [1.29, 1.82) is 0 Å². The number of thiazole rings is 1. The van der Waals surface area contributed by atoms with E-state index in [1.54, 1.807) is 11.3 Å². The lowest BCUT2D eigenvalue weighted by molar-refractivity contribution is 0.0594. The zero-order chi connectivity index (χ0) is 14.8. The highest BCUT2D eigenvalue weighted by Gasteiger charge is 2.21. The van der Waals surface area contributed by atoms with Gasteiger partial charge in [-0.1, -0.05) is 24.3 Å². The normalized spacial score (nSPS) is 14.5. The van der Waals surface area contributed by atoms with Gasteiger partial charge in [-0.05, 0) is 30.9 Å². The summed E-state index contributed by atoms with van der Waals surface area (Å²) in [6.45, 7) is 3.79. The summed E-state index contributed by atoms with van der Waals surface area (Å²) in [7, 11) is 1.39. The maximum atomic E-state index is 11.7. The van der Waals surface area contributed by atoms with Crippen LogP contribution in [-0.4, -0.2) is 31.2 Å². The summed E-state index contributed by atoms with van der Waals surface area (Å²) in [6, 6.07) is 8.59. The highest BCUT2D eigenvalue weighted by Crippen LogP contribution is 2.28. The number of nitrogens with zero attached hydrogens (tertiary/aromatic N) is 2. The molecule has 1 aromatic carbocycles. The molecule has 0 bridgehead atoms. The number of carbonyl (C=O) groups is 1. The molecule has 1 aromatic heterocycles.